The van der Waals surface area contributed by atoms with Crippen molar-refractivity contribution in [2.24, 2.45) is 5.92 Å². The molecule has 1 aliphatic carbocycles. The lowest BCUT2D eigenvalue weighted by atomic mass is 10.2. The van der Waals surface area contributed by atoms with Gasteiger partial charge in [0.25, 0.3) is 0 Å². The van der Waals surface area contributed by atoms with Crippen LogP contribution in [0.5, 0.6) is 0 Å². The first-order valence-corrected chi connectivity index (χ1v) is 3.85. The van der Waals surface area contributed by atoms with E-state index < -0.39 is 0 Å². The Kier molecular flexibility index (Phi) is 3.56. The molecule has 0 aromatic heterocycles. The van der Waals surface area contributed by atoms with Gasteiger partial charge in [0.1, 0.15) is 6.17 Å². The van der Waals surface area contributed by atoms with Crippen LogP contribution in [0.15, 0.2) is 0 Å². The molecule has 11 heavy (non-hydrogen) atoms. The molecule has 1 rings (SSSR count). The van der Waals surface area contributed by atoms with E-state index in [1.165, 1.54) is 19.0 Å². The van der Waals surface area contributed by atoms with E-state index in [1.54, 1.807) is 0 Å². The van der Waals surface area contributed by atoms with Crippen molar-refractivity contribution in [1.29, 1.82) is 0 Å². The maximum Gasteiger partial charge on any atom is 0.119 e. The molecule has 1 atom stereocenters. The van der Waals surface area contributed by atoms with E-state index in [2.05, 4.69) is 24.2 Å². The third-order valence-corrected chi connectivity index (χ3v) is 1.64. The van der Waals surface area contributed by atoms with E-state index in [4.69, 9.17) is 0 Å². The average molecular weight is 149 g/mol. The Bertz CT molecular complexity index is 217. The van der Waals surface area contributed by atoms with Crippen molar-refractivity contribution in [3.05, 3.63) is 6.42 Å². The average Bonchev–Trinajstić information content (AvgIpc) is 2.80. The Morgan fingerprint density at radius 2 is 2.27 bits per heavy atom. The first kappa shape index (κ1) is 8.15. The van der Waals surface area contributed by atoms with Gasteiger partial charge in [0.05, 0.1) is 0 Å². The van der Waals surface area contributed by atoms with Crippen molar-refractivity contribution in [2.45, 2.75) is 25.7 Å². The van der Waals surface area contributed by atoms with Crippen molar-refractivity contribution < 1.29 is 4.39 Å². The van der Waals surface area contributed by atoms with Gasteiger partial charge in [0.2, 0.25) is 0 Å². The van der Waals surface area contributed by atoms with Gasteiger partial charge in [-0.15, -0.1) is 4.39 Å². The minimum absolute atomic E-state index is 0.846. The zero-order valence-corrected chi connectivity index (χ0v) is 6.36. The van der Waals surface area contributed by atoms with Crippen molar-refractivity contribution in [3.8, 4) is 23.9 Å². The second-order valence-corrected chi connectivity index (χ2v) is 2.64. The van der Waals surface area contributed by atoms with E-state index in [-0.39, 0.29) is 0 Å². The van der Waals surface area contributed by atoms with Crippen LogP contribution in [0.1, 0.15) is 25.7 Å². The Hall–Kier alpha value is -0.950. The lowest BCUT2D eigenvalue weighted by molar-refractivity contribution is 0.697. The van der Waals surface area contributed by atoms with Gasteiger partial charge in [-0.1, -0.05) is 5.92 Å². The lowest BCUT2D eigenvalue weighted by Crippen LogP contribution is -1.75. The molecule has 57 valence electrons. The lowest BCUT2D eigenvalue weighted by Gasteiger charge is -1.88. The molecule has 0 bridgehead atoms. The summed E-state index contributed by atoms with van der Waals surface area (Å²) >= 11 is 0. The number of hydrogen-bond acceptors (Lipinski definition) is 0. The van der Waals surface area contributed by atoms with E-state index in [0.717, 1.165) is 18.8 Å². The molecule has 1 radical (unpaired) electrons. The Morgan fingerprint density at radius 1 is 1.45 bits per heavy atom. The number of unbranched alkanes of at least 4 members (excludes halogenated alkanes) is 1. The largest absolute Gasteiger partial charge is 0.143 e. The van der Waals surface area contributed by atoms with E-state index in [1.807, 2.05) is 0 Å². The maximum absolute atomic E-state index is 11.2. The molecule has 0 aromatic carbocycles. The third kappa shape index (κ3) is 4.45. The van der Waals surface area contributed by atoms with E-state index in [9.17, 15) is 4.39 Å². The van der Waals surface area contributed by atoms with Crippen molar-refractivity contribution in [3.63, 3.8) is 0 Å². The number of rotatable bonds is 3. The summed E-state index contributed by atoms with van der Waals surface area (Å²) in [7, 11) is 0. The van der Waals surface area contributed by atoms with Crippen LogP contribution in [-0.2, 0) is 0 Å². The molecule has 1 heteroatoms. The molecule has 0 saturated heterocycles. The van der Waals surface area contributed by atoms with Crippen LogP contribution in [0.25, 0.3) is 0 Å². The van der Waals surface area contributed by atoms with Gasteiger partial charge in [0.15, 0.2) is 0 Å². The molecule has 1 saturated carbocycles. The molecule has 0 amide bonds. The Balaban J connectivity index is 1.93. The van der Waals surface area contributed by atoms with Crippen molar-refractivity contribution in [1.82, 2.24) is 0 Å². The maximum atomic E-state index is 11.2. The molecular weight excluding hydrogens is 139 g/mol. The summed E-state index contributed by atoms with van der Waals surface area (Å²) in [6.07, 6.45) is 8.02. The fourth-order valence-corrected chi connectivity index (χ4v) is 0.915. The molecular formula is C10H10F. The molecule has 1 unspecified atom stereocenters. The summed E-state index contributed by atoms with van der Waals surface area (Å²) in [5, 5.41) is 0. The Morgan fingerprint density at radius 3 is 2.91 bits per heavy atom. The quantitative estimate of drug-likeness (QED) is 0.426. The molecule has 0 spiro atoms. The summed E-state index contributed by atoms with van der Waals surface area (Å²) in [4.78, 5) is 0. The molecule has 0 nitrogen and oxygen atoms in total. The van der Waals surface area contributed by atoms with Crippen LogP contribution in [0, 0.1) is 36.3 Å². The third-order valence-electron chi connectivity index (χ3n) is 1.64. The zero-order valence-electron chi connectivity index (χ0n) is 6.36. The normalized spacial score (nSPS) is 14.3. The van der Waals surface area contributed by atoms with E-state index in [0.29, 0.717) is 0 Å². The highest BCUT2D eigenvalue weighted by atomic mass is 19.1. The van der Waals surface area contributed by atoms with Crippen LogP contribution in [0.3, 0.4) is 0 Å². The van der Waals surface area contributed by atoms with Gasteiger partial charge >= 0.3 is 0 Å². The molecule has 0 aromatic rings. The fraction of sp³-hybridized carbons (Fsp3) is 0.500. The van der Waals surface area contributed by atoms with Crippen LogP contribution < -0.4 is 0 Å². The van der Waals surface area contributed by atoms with Gasteiger partial charge in [-0.2, -0.15) is 0 Å². The van der Waals surface area contributed by atoms with Crippen LogP contribution in [0.4, 0.5) is 4.39 Å². The van der Waals surface area contributed by atoms with Crippen LogP contribution in [-0.4, -0.2) is 0 Å². The second kappa shape index (κ2) is 4.80. The fourth-order valence-electron chi connectivity index (χ4n) is 0.915. The Labute approximate surface area is 67.2 Å². The summed E-state index contributed by atoms with van der Waals surface area (Å²) < 4.78 is 11.2. The molecule has 0 aliphatic heterocycles. The predicted octanol–water partition coefficient (Wildman–Crippen LogP) is 2.31. The summed E-state index contributed by atoms with van der Waals surface area (Å²) in [6, 6.07) is 0. The molecule has 0 N–H and O–H groups in total. The number of hydrogen-bond donors (Lipinski definition) is 0. The highest BCUT2D eigenvalue weighted by molar-refractivity contribution is 5.23. The smallest absolute Gasteiger partial charge is 0.119 e. The highest BCUT2D eigenvalue weighted by Gasteiger charge is 2.20. The molecule has 1 fully saturated rings. The van der Waals surface area contributed by atoms with Crippen LogP contribution in [0.2, 0.25) is 0 Å². The minimum Gasteiger partial charge on any atom is -0.143 e. The monoisotopic (exact) mass is 149 g/mol. The topological polar surface area (TPSA) is 0 Å². The summed E-state index contributed by atoms with van der Waals surface area (Å²) in [5.41, 5.74) is 0. The predicted molar refractivity (Wildman–Crippen MR) is 42.9 cm³/mol. The van der Waals surface area contributed by atoms with E-state index >= 15 is 0 Å². The molecule has 1 aliphatic rings. The summed E-state index contributed by atoms with van der Waals surface area (Å²) in [6.45, 7) is 0. The van der Waals surface area contributed by atoms with Gasteiger partial charge < -0.3 is 0 Å². The van der Waals surface area contributed by atoms with Gasteiger partial charge in [-0.3, -0.25) is 0 Å². The van der Waals surface area contributed by atoms with Gasteiger partial charge in [-0.25, -0.2) is 0 Å². The first-order valence-electron chi connectivity index (χ1n) is 3.85. The summed E-state index contributed by atoms with van der Waals surface area (Å²) in [5.74, 6) is 8.14. The van der Waals surface area contributed by atoms with Crippen molar-refractivity contribution >= 4 is 0 Å². The standard InChI is InChI=1S/C10H10F/c11-9-5-3-1-2-4-6-10-7-8-10/h7,10H,2,4,6,8H2. The number of halogens is 1. The highest BCUT2D eigenvalue weighted by Crippen LogP contribution is 2.32. The molecule has 0 heterocycles. The second-order valence-electron chi connectivity index (χ2n) is 2.64. The van der Waals surface area contributed by atoms with Gasteiger partial charge in [0, 0.05) is 12.3 Å². The first-order chi connectivity index (χ1) is 5.43. The van der Waals surface area contributed by atoms with Crippen LogP contribution >= 0.6 is 0 Å². The minimum atomic E-state index is 0.846. The van der Waals surface area contributed by atoms with Crippen molar-refractivity contribution in [2.75, 3.05) is 0 Å². The SMILES string of the molecule is FC#CC#CCCCC1[CH]C1. The van der Waals surface area contributed by atoms with Gasteiger partial charge in [-0.05, 0) is 37.5 Å². The zero-order chi connectivity index (χ0) is 7.94.